The SMILES string of the molecule is Cc1cccc(OCc2nc(C(C)(C)C)c(C#N)s2)c1. The van der Waals surface area contributed by atoms with E-state index in [1.54, 1.807) is 0 Å². The Morgan fingerprint density at radius 1 is 1.35 bits per heavy atom. The van der Waals surface area contributed by atoms with E-state index in [2.05, 4.69) is 31.8 Å². The Hall–Kier alpha value is -1.86. The zero-order chi connectivity index (χ0) is 14.8. The van der Waals surface area contributed by atoms with E-state index in [4.69, 9.17) is 4.74 Å². The molecule has 20 heavy (non-hydrogen) atoms. The van der Waals surface area contributed by atoms with E-state index < -0.39 is 0 Å². The first-order chi connectivity index (χ1) is 9.40. The van der Waals surface area contributed by atoms with Gasteiger partial charge in [0.2, 0.25) is 0 Å². The molecule has 0 saturated carbocycles. The van der Waals surface area contributed by atoms with Gasteiger partial charge in [-0.2, -0.15) is 5.26 Å². The summed E-state index contributed by atoms with van der Waals surface area (Å²) in [6, 6.07) is 10.1. The second kappa shape index (κ2) is 5.64. The molecule has 4 heteroatoms. The van der Waals surface area contributed by atoms with Crippen molar-refractivity contribution >= 4 is 11.3 Å². The Labute approximate surface area is 123 Å². The number of aryl methyl sites for hydroxylation is 1. The summed E-state index contributed by atoms with van der Waals surface area (Å²) in [4.78, 5) is 5.24. The third kappa shape index (κ3) is 3.37. The summed E-state index contributed by atoms with van der Waals surface area (Å²) in [7, 11) is 0. The quantitative estimate of drug-likeness (QED) is 0.849. The number of thiazole rings is 1. The third-order valence-corrected chi connectivity index (χ3v) is 3.77. The Morgan fingerprint density at radius 2 is 2.10 bits per heavy atom. The topological polar surface area (TPSA) is 45.9 Å². The standard InChI is InChI=1S/C16H18N2OS/c1-11-6-5-7-12(8-11)19-10-14-18-15(16(2,3)4)13(9-17)20-14/h5-8H,10H2,1-4H3. The average molecular weight is 286 g/mol. The van der Waals surface area contributed by atoms with Crippen LogP contribution in [0.4, 0.5) is 0 Å². The highest BCUT2D eigenvalue weighted by Crippen LogP contribution is 2.29. The molecule has 1 aromatic heterocycles. The molecule has 104 valence electrons. The molecule has 0 N–H and O–H groups in total. The Bertz CT molecular complexity index is 647. The van der Waals surface area contributed by atoms with Gasteiger partial charge >= 0.3 is 0 Å². The summed E-state index contributed by atoms with van der Waals surface area (Å²) in [5.74, 6) is 0.830. The predicted molar refractivity (Wildman–Crippen MR) is 81.0 cm³/mol. The molecule has 1 heterocycles. The van der Waals surface area contributed by atoms with E-state index in [9.17, 15) is 5.26 Å². The first-order valence-corrected chi connectivity index (χ1v) is 7.31. The molecule has 0 bridgehead atoms. The monoisotopic (exact) mass is 286 g/mol. The minimum Gasteiger partial charge on any atom is -0.486 e. The van der Waals surface area contributed by atoms with Crippen molar-refractivity contribution in [3.8, 4) is 11.8 Å². The average Bonchev–Trinajstić information content (AvgIpc) is 2.80. The van der Waals surface area contributed by atoms with Crippen molar-refractivity contribution in [2.24, 2.45) is 0 Å². The summed E-state index contributed by atoms with van der Waals surface area (Å²) >= 11 is 1.41. The van der Waals surface area contributed by atoms with Gasteiger partial charge in [0.1, 0.15) is 28.3 Å². The molecule has 0 saturated heterocycles. The number of hydrogen-bond donors (Lipinski definition) is 0. The van der Waals surface area contributed by atoms with Crippen molar-refractivity contribution in [2.75, 3.05) is 0 Å². The maximum atomic E-state index is 9.20. The van der Waals surface area contributed by atoms with Gasteiger partial charge in [0.05, 0.1) is 5.69 Å². The molecule has 0 fully saturated rings. The zero-order valence-corrected chi connectivity index (χ0v) is 13.0. The summed E-state index contributed by atoms with van der Waals surface area (Å²) in [5.41, 5.74) is 1.89. The van der Waals surface area contributed by atoms with Crippen LogP contribution < -0.4 is 4.74 Å². The number of ether oxygens (including phenoxy) is 1. The van der Waals surface area contributed by atoms with Gasteiger partial charge in [0.25, 0.3) is 0 Å². The van der Waals surface area contributed by atoms with Gasteiger partial charge in [-0.05, 0) is 24.6 Å². The van der Waals surface area contributed by atoms with E-state index in [1.165, 1.54) is 11.3 Å². The van der Waals surface area contributed by atoms with Gasteiger partial charge < -0.3 is 4.74 Å². The van der Waals surface area contributed by atoms with Crippen molar-refractivity contribution in [2.45, 2.75) is 39.7 Å². The van der Waals surface area contributed by atoms with E-state index in [0.717, 1.165) is 22.0 Å². The molecule has 0 aliphatic heterocycles. The van der Waals surface area contributed by atoms with Crippen molar-refractivity contribution in [3.05, 3.63) is 45.4 Å². The van der Waals surface area contributed by atoms with Crippen LogP contribution in [-0.2, 0) is 12.0 Å². The van der Waals surface area contributed by atoms with E-state index in [-0.39, 0.29) is 5.41 Å². The van der Waals surface area contributed by atoms with E-state index >= 15 is 0 Å². The number of benzene rings is 1. The predicted octanol–water partition coefficient (Wildman–Crippen LogP) is 4.20. The highest BCUT2D eigenvalue weighted by molar-refractivity contribution is 7.12. The van der Waals surface area contributed by atoms with Gasteiger partial charge in [-0.15, -0.1) is 11.3 Å². The molecule has 1 aromatic carbocycles. The first-order valence-electron chi connectivity index (χ1n) is 6.50. The molecule has 3 nitrogen and oxygen atoms in total. The maximum Gasteiger partial charge on any atom is 0.140 e. The van der Waals surface area contributed by atoms with Gasteiger partial charge in [0.15, 0.2) is 0 Å². The van der Waals surface area contributed by atoms with Crippen molar-refractivity contribution in [1.82, 2.24) is 4.98 Å². The molecule has 0 aliphatic rings. The van der Waals surface area contributed by atoms with Gasteiger partial charge in [-0.25, -0.2) is 4.98 Å². The van der Waals surface area contributed by atoms with Crippen LogP contribution in [0, 0.1) is 18.3 Å². The molecule has 2 rings (SSSR count). The maximum absolute atomic E-state index is 9.20. The minimum absolute atomic E-state index is 0.122. The van der Waals surface area contributed by atoms with Crippen LogP contribution in [0.1, 0.15) is 41.9 Å². The molecule has 0 spiro atoms. The van der Waals surface area contributed by atoms with Gasteiger partial charge in [-0.3, -0.25) is 0 Å². The summed E-state index contributed by atoms with van der Waals surface area (Å²) in [5, 5.41) is 10.0. The Kier molecular flexibility index (Phi) is 4.10. The van der Waals surface area contributed by atoms with Crippen LogP contribution in [0.5, 0.6) is 5.75 Å². The fourth-order valence-corrected chi connectivity index (χ4v) is 2.85. The molecule has 0 atom stereocenters. The van der Waals surface area contributed by atoms with E-state index in [0.29, 0.717) is 11.5 Å². The fraction of sp³-hybridized carbons (Fsp3) is 0.375. The zero-order valence-electron chi connectivity index (χ0n) is 12.2. The van der Waals surface area contributed by atoms with Gasteiger partial charge in [-0.1, -0.05) is 32.9 Å². The second-order valence-electron chi connectivity index (χ2n) is 5.75. The van der Waals surface area contributed by atoms with Crippen molar-refractivity contribution in [3.63, 3.8) is 0 Å². The van der Waals surface area contributed by atoms with Crippen LogP contribution in [0.3, 0.4) is 0 Å². The normalized spacial score (nSPS) is 11.2. The van der Waals surface area contributed by atoms with Crippen LogP contribution >= 0.6 is 11.3 Å². The van der Waals surface area contributed by atoms with E-state index in [1.807, 2.05) is 31.2 Å². The molecule has 0 radical (unpaired) electrons. The number of nitriles is 1. The Morgan fingerprint density at radius 3 is 2.65 bits per heavy atom. The highest BCUT2D eigenvalue weighted by atomic mass is 32.1. The third-order valence-electron chi connectivity index (χ3n) is 2.84. The number of hydrogen-bond acceptors (Lipinski definition) is 4. The molecule has 0 amide bonds. The Balaban J connectivity index is 2.15. The lowest BCUT2D eigenvalue weighted by Gasteiger charge is -2.15. The number of rotatable bonds is 3. The summed E-state index contributed by atoms with van der Waals surface area (Å²) in [6.45, 7) is 8.62. The van der Waals surface area contributed by atoms with Crippen molar-refractivity contribution in [1.29, 1.82) is 5.26 Å². The largest absolute Gasteiger partial charge is 0.486 e. The minimum atomic E-state index is -0.122. The van der Waals surface area contributed by atoms with Crippen LogP contribution in [-0.4, -0.2) is 4.98 Å². The smallest absolute Gasteiger partial charge is 0.140 e. The number of nitrogens with zero attached hydrogens (tertiary/aromatic N) is 2. The fourth-order valence-electron chi connectivity index (χ4n) is 1.86. The second-order valence-corrected chi connectivity index (χ2v) is 6.84. The van der Waals surface area contributed by atoms with Crippen molar-refractivity contribution < 1.29 is 4.74 Å². The summed E-state index contributed by atoms with van der Waals surface area (Å²) in [6.07, 6.45) is 0. The highest BCUT2D eigenvalue weighted by Gasteiger charge is 2.23. The lowest BCUT2D eigenvalue weighted by atomic mass is 9.91. The first kappa shape index (κ1) is 14.5. The molecular weight excluding hydrogens is 268 g/mol. The lowest BCUT2D eigenvalue weighted by molar-refractivity contribution is 0.304. The molecule has 2 aromatic rings. The van der Waals surface area contributed by atoms with Gasteiger partial charge in [0, 0.05) is 5.41 Å². The van der Waals surface area contributed by atoms with Crippen LogP contribution in [0.15, 0.2) is 24.3 Å². The summed E-state index contributed by atoms with van der Waals surface area (Å²) < 4.78 is 5.74. The molecule has 0 unspecified atom stereocenters. The lowest BCUT2D eigenvalue weighted by Crippen LogP contribution is -2.13. The molecule has 0 aliphatic carbocycles. The van der Waals surface area contributed by atoms with Crippen LogP contribution in [0.25, 0.3) is 0 Å². The number of aromatic nitrogens is 1. The van der Waals surface area contributed by atoms with Crippen LogP contribution in [0.2, 0.25) is 0 Å². The molecular formula is C16H18N2OS.